The van der Waals surface area contributed by atoms with Gasteiger partial charge >= 0.3 is 0 Å². The Kier molecular flexibility index (Phi) is 4.77. The van der Waals surface area contributed by atoms with Crippen molar-refractivity contribution in [1.29, 1.82) is 0 Å². The molecular weight excluding hydrogens is 334 g/mol. The Labute approximate surface area is 152 Å². The van der Waals surface area contributed by atoms with Gasteiger partial charge in [-0.25, -0.2) is 4.98 Å². The zero-order valence-electron chi connectivity index (χ0n) is 15.5. The molecule has 1 amide bonds. The standard InChI is InChI=1S/C18H25N5OS/c1-11-16(25-12(2)20-11)17(24)19-8-13-9-23(10-13)15-7-6-14(21-22-15)18(3,4)5/h6-7,13H,8-10H2,1-5H3,(H,19,24). The molecule has 3 rings (SSSR count). The Balaban J connectivity index is 1.48. The fourth-order valence-electron chi connectivity index (χ4n) is 2.84. The van der Waals surface area contributed by atoms with Crippen LogP contribution in [-0.4, -0.2) is 40.7 Å². The number of nitrogens with one attached hydrogen (secondary N) is 1. The molecule has 0 saturated carbocycles. The molecule has 1 saturated heterocycles. The molecule has 7 heteroatoms. The van der Waals surface area contributed by atoms with Crippen LogP contribution in [0.2, 0.25) is 0 Å². The second kappa shape index (κ2) is 6.71. The molecule has 25 heavy (non-hydrogen) atoms. The van der Waals surface area contributed by atoms with Gasteiger partial charge in [0.2, 0.25) is 0 Å². The van der Waals surface area contributed by atoms with Crippen LogP contribution in [-0.2, 0) is 5.41 Å². The molecule has 0 aromatic carbocycles. The molecule has 1 aliphatic rings. The highest BCUT2D eigenvalue weighted by Gasteiger charge is 2.29. The van der Waals surface area contributed by atoms with Crippen LogP contribution < -0.4 is 10.2 Å². The Morgan fingerprint density at radius 1 is 1.28 bits per heavy atom. The van der Waals surface area contributed by atoms with E-state index in [1.54, 1.807) is 0 Å². The third-order valence-corrected chi connectivity index (χ3v) is 5.43. The number of aryl methyl sites for hydroxylation is 2. The summed E-state index contributed by atoms with van der Waals surface area (Å²) in [6.45, 7) is 12.7. The first-order chi connectivity index (χ1) is 11.7. The zero-order chi connectivity index (χ0) is 18.2. The second-order valence-corrected chi connectivity index (χ2v) is 8.86. The Morgan fingerprint density at radius 2 is 2.00 bits per heavy atom. The van der Waals surface area contributed by atoms with Crippen molar-refractivity contribution in [3.05, 3.63) is 33.4 Å². The van der Waals surface area contributed by atoms with Gasteiger partial charge in [-0.05, 0) is 26.0 Å². The number of anilines is 1. The number of carbonyl (C=O) groups is 1. The Morgan fingerprint density at radius 3 is 2.52 bits per heavy atom. The van der Waals surface area contributed by atoms with Crippen molar-refractivity contribution in [1.82, 2.24) is 20.5 Å². The summed E-state index contributed by atoms with van der Waals surface area (Å²) < 4.78 is 0. The molecule has 1 N–H and O–H groups in total. The normalized spacial score (nSPS) is 15.2. The number of aromatic nitrogens is 3. The van der Waals surface area contributed by atoms with Crippen LogP contribution in [0.4, 0.5) is 5.82 Å². The van der Waals surface area contributed by atoms with E-state index < -0.39 is 0 Å². The number of amides is 1. The molecule has 0 bridgehead atoms. The highest BCUT2D eigenvalue weighted by molar-refractivity contribution is 7.13. The first-order valence-electron chi connectivity index (χ1n) is 8.55. The maximum absolute atomic E-state index is 12.2. The molecule has 2 aromatic heterocycles. The summed E-state index contributed by atoms with van der Waals surface area (Å²) >= 11 is 1.45. The topological polar surface area (TPSA) is 71.0 Å². The predicted molar refractivity (Wildman–Crippen MR) is 100 cm³/mol. The third kappa shape index (κ3) is 3.98. The van der Waals surface area contributed by atoms with Gasteiger partial charge in [0.25, 0.3) is 5.91 Å². The zero-order valence-corrected chi connectivity index (χ0v) is 16.3. The number of nitrogens with zero attached hydrogens (tertiary/aromatic N) is 4. The van der Waals surface area contributed by atoms with Crippen LogP contribution in [0.1, 0.15) is 46.8 Å². The van der Waals surface area contributed by atoms with E-state index in [4.69, 9.17) is 0 Å². The van der Waals surface area contributed by atoms with Crippen molar-refractivity contribution < 1.29 is 4.79 Å². The summed E-state index contributed by atoms with van der Waals surface area (Å²) in [4.78, 5) is 19.4. The van der Waals surface area contributed by atoms with Gasteiger partial charge in [-0.3, -0.25) is 4.79 Å². The number of rotatable bonds is 4. The van der Waals surface area contributed by atoms with E-state index in [0.717, 1.165) is 40.2 Å². The predicted octanol–water partition coefficient (Wildman–Crippen LogP) is 2.71. The molecule has 3 heterocycles. The van der Waals surface area contributed by atoms with E-state index in [1.165, 1.54) is 11.3 Å². The molecule has 0 aliphatic carbocycles. The molecule has 0 atom stereocenters. The van der Waals surface area contributed by atoms with Crippen molar-refractivity contribution in [3.63, 3.8) is 0 Å². The van der Waals surface area contributed by atoms with Crippen molar-refractivity contribution in [2.45, 2.75) is 40.0 Å². The number of hydrogen-bond acceptors (Lipinski definition) is 6. The third-order valence-electron chi connectivity index (χ3n) is 4.36. The van der Waals surface area contributed by atoms with Crippen LogP contribution in [0.5, 0.6) is 0 Å². The van der Waals surface area contributed by atoms with Gasteiger partial charge in [0, 0.05) is 31.0 Å². The van der Waals surface area contributed by atoms with E-state index in [-0.39, 0.29) is 11.3 Å². The van der Waals surface area contributed by atoms with E-state index in [1.807, 2.05) is 26.0 Å². The summed E-state index contributed by atoms with van der Waals surface area (Å²) in [5, 5.41) is 12.6. The summed E-state index contributed by atoms with van der Waals surface area (Å²) in [5.41, 5.74) is 1.82. The molecular formula is C18H25N5OS. The maximum Gasteiger partial charge on any atom is 0.263 e. The second-order valence-electron chi connectivity index (χ2n) is 7.66. The largest absolute Gasteiger partial charge is 0.354 e. The molecule has 0 spiro atoms. The lowest BCUT2D eigenvalue weighted by molar-refractivity contribution is 0.0948. The molecule has 0 radical (unpaired) electrons. The van der Waals surface area contributed by atoms with Crippen molar-refractivity contribution >= 4 is 23.1 Å². The van der Waals surface area contributed by atoms with Crippen molar-refractivity contribution in [3.8, 4) is 0 Å². The van der Waals surface area contributed by atoms with Gasteiger partial charge in [0.1, 0.15) is 4.88 Å². The highest BCUT2D eigenvalue weighted by atomic mass is 32.1. The highest BCUT2D eigenvalue weighted by Crippen LogP contribution is 2.25. The fraction of sp³-hybridized carbons (Fsp3) is 0.556. The summed E-state index contributed by atoms with van der Waals surface area (Å²) in [7, 11) is 0. The van der Waals surface area contributed by atoms with Gasteiger partial charge in [-0.15, -0.1) is 16.4 Å². The number of carbonyl (C=O) groups excluding carboxylic acids is 1. The summed E-state index contributed by atoms with van der Waals surface area (Å²) in [5.74, 6) is 1.34. The smallest absolute Gasteiger partial charge is 0.263 e. The van der Waals surface area contributed by atoms with E-state index in [2.05, 4.69) is 46.2 Å². The lowest BCUT2D eigenvalue weighted by Gasteiger charge is -2.40. The van der Waals surface area contributed by atoms with Gasteiger partial charge in [-0.1, -0.05) is 20.8 Å². The number of thiazole rings is 1. The van der Waals surface area contributed by atoms with Gasteiger partial charge < -0.3 is 10.2 Å². The Hall–Kier alpha value is -2.02. The van der Waals surface area contributed by atoms with Crippen LogP contribution >= 0.6 is 11.3 Å². The summed E-state index contributed by atoms with van der Waals surface area (Å²) in [6, 6.07) is 4.08. The van der Waals surface area contributed by atoms with Gasteiger partial charge in [-0.2, -0.15) is 5.10 Å². The molecule has 1 fully saturated rings. The van der Waals surface area contributed by atoms with E-state index in [9.17, 15) is 4.79 Å². The van der Waals surface area contributed by atoms with Crippen LogP contribution in [0, 0.1) is 19.8 Å². The van der Waals surface area contributed by atoms with E-state index in [0.29, 0.717) is 12.5 Å². The average Bonchev–Trinajstić information content (AvgIpc) is 2.84. The first kappa shape index (κ1) is 17.8. The van der Waals surface area contributed by atoms with Crippen molar-refractivity contribution in [2.24, 2.45) is 5.92 Å². The minimum absolute atomic E-state index is 0.0143. The van der Waals surface area contributed by atoms with Gasteiger partial charge in [0.15, 0.2) is 5.82 Å². The molecule has 2 aromatic rings. The molecule has 134 valence electrons. The maximum atomic E-state index is 12.2. The van der Waals surface area contributed by atoms with Crippen LogP contribution in [0.15, 0.2) is 12.1 Å². The van der Waals surface area contributed by atoms with Crippen molar-refractivity contribution in [2.75, 3.05) is 24.5 Å². The quantitative estimate of drug-likeness (QED) is 0.909. The molecule has 6 nitrogen and oxygen atoms in total. The SMILES string of the molecule is Cc1nc(C)c(C(=O)NCC2CN(c3ccc(C(C)(C)C)nn3)C2)s1. The minimum Gasteiger partial charge on any atom is -0.354 e. The fourth-order valence-corrected chi connectivity index (χ4v) is 3.68. The first-order valence-corrected chi connectivity index (χ1v) is 9.37. The Bertz CT molecular complexity index is 757. The molecule has 1 aliphatic heterocycles. The lowest BCUT2D eigenvalue weighted by Crippen LogP contribution is -2.52. The minimum atomic E-state index is -0.0177. The number of hydrogen-bond donors (Lipinski definition) is 1. The van der Waals surface area contributed by atoms with Gasteiger partial charge in [0.05, 0.1) is 16.4 Å². The van der Waals surface area contributed by atoms with E-state index >= 15 is 0 Å². The lowest BCUT2D eigenvalue weighted by atomic mass is 9.92. The molecule has 0 unspecified atom stereocenters. The van der Waals surface area contributed by atoms with Crippen LogP contribution in [0.25, 0.3) is 0 Å². The monoisotopic (exact) mass is 359 g/mol. The summed E-state index contributed by atoms with van der Waals surface area (Å²) in [6.07, 6.45) is 0. The average molecular weight is 359 g/mol. The van der Waals surface area contributed by atoms with Crippen LogP contribution in [0.3, 0.4) is 0 Å².